The van der Waals surface area contributed by atoms with Crippen molar-refractivity contribution in [3.63, 3.8) is 0 Å². The highest BCUT2D eigenvalue weighted by Crippen LogP contribution is 2.47. The first kappa shape index (κ1) is 17.1. The highest BCUT2D eigenvalue weighted by Gasteiger charge is 2.50. The molecule has 4 heteroatoms. The van der Waals surface area contributed by atoms with E-state index in [1.165, 1.54) is 5.56 Å². The summed E-state index contributed by atoms with van der Waals surface area (Å²) < 4.78 is 11.3. The molecule has 2 aromatic carbocycles. The molecule has 1 saturated heterocycles. The van der Waals surface area contributed by atoms with Gasteiger partial charge in [-0.05, 0) is 30.0 Å². The largest absolute Gasteiger partial charge is 0.490 e. The van der Waals surface area contributed by atoms with Gasteiger partial charge in [0.05, 0.1) is 12.0 Å². The van der Waals surface area contributed by atoms with Crippen LogP contribution in [-0.2, 0) is 21.4 Å². The fourth-order valence-corrected chi connectivity index (χ4v) is 4.05. The SMILES string of the molecule is CC(C)C1(c2ccccc2OCC2CO2)Cc2ccccc2N(C)C1=O. The van der Waals surface area contributed by atoms with Gasteiger partial charge < -0.3 is 14.4 Å². The highest BCUT2D eigenvalue weighted by atomic mass is 16.6. The number of amides is 1. The van der Waals surface area contributed by atoms with Crippen molar-refractivity contribution >= 4 is 11.6 Å². The van der Waals surface area contributed by atoms with Crippen LogP contribution >= 0.6 is 0 Å². The highest BCUT2D eigenvalue weighted by molar-refractivity contribution is 6.04. The first-order valence-corrected chi connectivity index (χ1v) is 9.24. The van der Waals surface area contributed by atoms with Crippen molar-refractivity contribution < 1.29 is 14.3 Å². The van der Waals surface area contributed by atoms with Crippen LogP contribution in [0.25, 0.3) is 0 Å². The zero-order chi connectivity index (χ0) is 18.3. The number of para-hydroxylation sites is 2. The van der Waals surface area contributed by atoms with Crippen LogP contribution in [0.3, 0.4) is 0 Å². The van der Waals surface area contributed by atoms with Crippen molar-refractivity contribution in [3.8, 4) is 5.75 Å². The van der Waals surface area contributed by atoms with E-state index in [1.807, 2.05) is 49.5 Å². The minimum atomic E-state index is -0.635. The Hall–Kier alpha value is -2.33. The van der Waals surface area contributed by atoms with Crippen molar-refractivity contribution in [1.82, 2.24) is 0 Å². The van der Waals surface area contributed by atoms with Gasteiger partial charge in [0, 0.05) is 18.3 Å². The van der Waals surface area contributed by atoms with E-state index >= 15 is 0 Å². The second kappa shape index (κ2) is 6.44. The molecule has 0 N–H and O–H groups in total. The Balaban J connectivity index is 1.82. The van der Waals surface area contributed by atoms with E-state index in [4.69, 9.17) is 9.47 Å². The number of anilines is 1. The third kappa shape index (κ3) is 2.69. The van der Waals surface area contributed by atoms with E-state index < -0.39 is 5.41 Å². The Morgan fingerprint density at radius 1 is 1.19 bits per heavy atom. The molecule has 1 fully saturated rings. The Labute approximate surface area is 154 Å². The predicted octanol–water partition coefficient (Wildman–Crippen LogP) is 3.58. The van der Waals surface area contributed by atoms with Gasteiger partial charge in [-0.25, -0.2) is 0 Å². The predicted molar refractivity (Wildman–Crippen MR) is 102 cm³/mol. The number of hydrogen-bond donors (Lipinski definition) is 0. The van der Waals surface area contributed by atoms with Gasteiger partial charge in [0.15, 0.2) is 0 Å². The molecule has 1 amide bonds. The van der Waals surface area contributed by atoms with Crippen LogP contribution in [-0.4, -0.2) is 32.3 Å². The lowest BCUT2D eigenvalue weighted by Gasteiger charge is -2.44. The number of likely N-dealkylation sites (N-methyl/N-ethyl adjacent to an activating group) is 1. The molecule has 2 aromatic rings. The zero-order valence-electron chi connectivity index (χ0n) is 15.6. The summed E-state index contributed by atoms with van der Waals surface area (Å²) in [4.78, 5) is 15.4. The molecule has 4 rings (SSSR count). The maximum atomic E-state index is 13.6. The lowest BCUT2D eigenvalue weighted by molar-refractivity contribution is -0.126. The summed E-state index contributed by atoms with van der Waals surface area (Å²) in [6.45, 7) is 5.54. The van der Waals surface area contributed by atoms with Crippen LogP contribution in [0.5, 0.6) is 5.75 Å². The van der Waals surface area contributed by atoms with Gasteiger partial charge in [0.25, 0.3) is 0 Å². The van der Waals surface area contributed by atoms with Crippen LogP contribution in [0, 0.1) is 5.92 Å². The van der Waals surface area contributed by atoms with Crippen molar-refractivity contribution in [3.05, 3.63) is 59.7 Å². The summed E-state index contributed by atoms with van der Waals surface area (Å²) in [6.07, 6.45) is 0.869. The minimum Gasteiger partial charge on any atom is -0.490 e. The molecule has 2 heterocycles. The molecule has 0 spiro atoms. The maximum Gasteiger partial charge on any atom is 0.238 e. The molecule has 136 valence electrons. The number of benzene rings is 2. The number of ether oxygens (including phenoxy) is 2. The molecule has 2 unspecified atom stereocenters. The minimum absolute atomic E-state index is 0.130. The van der Waals surface area contributed by atoms with Crippen LogP contribution in [0.2, 0.25) is 0 Å². The Morgan fingerprint density at radius 2 is 1.88 bits per heavy atom. The van der Waals surface area contributed by atoms with E-state index in [9.17, 15) is 4.79 Å². The van der Waals surface area contributed by atoms with Gasteiger partial charge in [-0.2, -0.15) is 0 Å². The number of carbonyl (C=O) groups is 1. The summed E-state index contributed by atoms with van der Waals surface area (Å²) in [7, 11) is 1.87. The standard InChI is InChI=1S/C22H25NO3/c1-15(2)22(12-16-8-4-6-10-19(16)23(3)21(22)24)18-9-5-7-11-20(18)26-14-17-13-25-17/h4-11,15,17H,12-14H2,1-3H3. The monoisotopic (exact) mass is 351 g/mol. The molecule has 0 radical (unpaired) electrons. The maximum absolute atomic E-state index is 13.6. The van der Waals surface area contributed by atoms with Crippen LogP contribution in [0.1, 0.15) is 25.0 Å². The first-order valence-electron chi connectivity index (χ1n) is 9.24. The van der Waals surface area contributed by atoms with Gasteiger partial charge >= 0.3 is 0 Å². The molecule has 2 atom stereocenters. The molecule has 4 nitrogen and oxygen atoms in total. The van der Waals surface area contributed by atoms with Crippen LogP contribution < -0.4 is 9.64 Å². The first-order chi connectivity index (χ1) is 12.5. The number of hydrogen-bond acceptors (Lipinski definition) is 3. The summed E-state index contributed by atoms with van der Waals surface area (Å²) in [5, 5.41) is 0. The van der Waals surface area contributed by atoms with Crippen molar-refractivity contribution in [2.24, 2.45) is 5.92 Å². The summed E-state index contributed by atoms with van der Waals surface area (Å²) in [5.41, 5.74) is 2.54. The average molecular weight is 351 g/mol. The summed E-state index contributed by atoms with van der Waals surface area (Å²) >= 11 is 0. The fraction of sp³-hybridized carbons (Fsp3) is 0.409. The van der Waals surface area contributed by atoms with Gasteiger partial charge in [-0.3, -0.25) is 4.79 Å². The van der Waals surface area contributed by atoms with Gasteiger partial charge in [-0.15, -0.1) is 0 Å². The normalized spacial score (nSPS) is 24.5. The topological polar surface area (TPSA) is 42.1 Å². The second-order valence-electron chi connectivity index (χ2n) is 7.56. The quantitative estimate of drug-likeness (QED) is 0.773. The van der Waals surface area contributed by atoms with E-state index in [0.717, 1.165) is 23.6 Å². The third-order valence-electron chi connectivity index (χ3n) is 5.69. The van der Waals surface area contributed by atoms with Crippen LogP contribution in [0.4, 0.5) is 5.69 Å². The van der Waals surface area contributed by atoms with Crippen molar-refractivity contribution in [1.29, 1.82) is 0 Å². The molecule has 2 aliphatic rings. The van der Waals surface area contributed by atoms with E-state index in [0.29, 0.717) is 13.0 Å². The molecule has 26 heavy (non-hydrogen) atoms. The van der Waals surface area contributed by atoms with E-state index in [2.05, 4.69) is 19.9 Å². The number of fused-ring (bicyclic) bond motifs is 1. The van der Waals surface area contributed by atoms with Gasteiger partial charge in [0.2, 0.25) is 5.91 Å². The van der Waals surface area contributed by atoms with E-state index in [-0.39, 0.29) is 17.9 Å². The second-order valence-corrected chi connectivity index (χ2v) is 7.56. The summed E-state index contributed by atoms with van der Waals surface area (Å²) in [5.74, 6) is 1.05. The van der Waals surface area contributed by atoms with Gasteiger partial charge in [0.1, 0.15) is 18.5 Å². The molecular formula is C22H25NO3. The molecule has 0 bridgehead atoms. The Kier molecular flexibility index (Phi) is 4.23. The lowest BCUT2D eigenvalue weighted by Crippen LogP contribution is -2.53. The molecule has 0 aromatic heterocycles. The average Bonchev–Trinajstić information content (AvgIpc) is 3.47. The number of nitrogens with zero attached hydrogens (tertiary/aromatic N) is 1. The Bertz CT molecular complexity index is 828. The molecule has 0 saturated carbocycles. The van der Waals surface area contributed by atoms with Crippen molar-refractivity contribution in [2.75, 3.05) is 25.2 Å². The number of rotatable bonds is 5. The number of epoxide rings is 1. The third-order valence-corrected chi connectivity index (χ3v) is 5.69. The molecule has 2 aliphatic heterocycles. The van der Waals surface area contributed by atoms with Crippen LogP contribution in [0.15, 0.2) is 48.5 Å². The number of carbonyl (C=O) groups excluding carboxylic acids is 1. The van der Waals surface area contributed by atoms with Gasteiger partial charge in [-0.1, -0.05) is 50.2 Å². The molecule has 0 aliphatic carbocycles. The fourth-order valence-electron chi connectivity index (χ4n) is 4.05. The summed E-state index contributed by atoms with van der Waals surface area (Å²) in [6, 6.07) is 16.1. The Morgan fingerprint density at radius 3 is 2.62 bits per heavy atom. The van der Waals surface area contributed by atoms with Crippen molar-refractivity contribution in [2.45, 2.75) is 31.8 Å². The lowest BCUT2D eigenvalue weighted by atomic mass is 9.64. The molecular weight excluding hydrogens is 326 g/mol. The zero-order valence-corrected chi connectivity index (χ0v) is 15.6. The van der Waals surface area contributed by atoms with E-state index in [1.54, 1.807) is 4.90 Å². The smallest absolute Gasteiger partial charge is 0.238 e.